The molecule has 3 aromatic rings. The Morgan fingerprint density at radius 2 is 1.92 bits per heavy atom. The van der Waals surface area contributed by atoms with E-state index in [1.165, 1.54) is 0 Å². The van der Waals surface area contributed by atoms with Gasteiger partial charge in [0.05, 0.1) is 23.7 Å². The van der Waals surface area contributed by atoms with Gasteiger partial charge in [0.1, 0.15) is 5.75 Å². The Bertz CT molecular complexity index is 1010. The molecule has 1 aliphatic heterocycles. The van der Waals surface area contributed by atoms with E-state index in [9.17, 15) is 4.79 Å². The maximum atomic E-state index is 13.3. The van der Waals surface area contributed by atoms with Crippen molar-refractivity contribution in [1.82, 2.24) is 10.3 Å². The summed E-state index contributed by atoms with van der Waals surface area (Å²) < 4.78 is 5.72. The lowest BCUT2D eigenvalue weighted by Crippen LogP contribution is -2.33. The van der Waals surface area contributed by atoms with Gasteiger partial charge in [-0.2, -0.15) is 0 Å². The summed E-state index contributed by atoms with van der Waals surface area (Å²) in [6, 6.07) is 15.9. The van der Waals surface area contributed by atoms with Crippen molar-refractivity contribution >= 4 is 16.8 Å². The summed E-state index contributed by atoms with van der Waals surface area (Å²) in [5.41, 5.74) is 4.99. The van der Waals surface area contributed by atoms with Crippen molar-refractivity contribution in [3.05, 3.63) is 70.9 Å². The first-order chi connectivity index (χ1) is 12.8. The van der Waals surface area contributed by atoms with Gasteiger partial charge in [0, 0.05) is 23.1 Å². The fraction of sp³-hybridized carbons (Fsp3) is 0.273. The highest BCUT2D eigenvalue weighted by Crippen LogP contribution is 2.34. The molecule has 4 nitrogen and oxygen atoms in total. The lowest BCUT2D eigenvalue weighted by atomic mass is 9.97. The van der Waals surface area contributed by atoms with Crippen LogP contribution < -0.4 is 10.1 Å². The number of rotatable bonds is 2. The molecule has 1 aliphatic carbocycles. The van der Waals surface area contributed by atoms with Gasteiger partial charge in [0.15, 0.2) is 0 Å². The molecule has 2 heterocycles. The number of para-hydroxylation sites is 2. The van der Waals surface area contributed by atoms with Crippen LogP contribution in [0.5, 0.6) is 5.75 Å². The number of aromatic nitrogens is 1. The number of ether oxygens (including phenoxy) is 1. The highest BCUT2D eigenvalue weighted by molar-refractivity contribution is 6.08. The van der Waals surface area contributed by atoms with Crippen molar-refractivity contribution in [3.8, 4) is 5.75 Å². The summed E-state index contributed by atoms with van der Waals surface area (Å²) >= 11 is 0. The zero-order valence-electron chi connectivity index (χ0n) is 14.5. The second-order valence-corrected chi connectivity index (χ2v) is 6.98. The molecule has 0 unspecified atom stereocenters. The van der Waals surface area contributed by atoms with Gasteiger partial charge in [-0.3, -0.25) is 9.78 Å². The minimum absolute atomic E-state index is 0.00320. The van der Waals surface area contributed by atoms with E-state index in [2.05, 4.69) is 5.32 Å². The van der Waals surface area contributed by atoms with E-state index in [1.54, 1.807) is 0 Å². The molecule has 0 spiro atoms. The molecule has 1 aromatic heterocycles. The average Bonchev–Trinajstić information content (AvgIpc) is 3.14. The number of benzene rings is 2. The number of nitrogens with zero attached hydrogens (tertiary/aromatic N) is 1. The number of nitrogens with one attached hydrogen (secondary N) is 1. The van der Waals surface area contributed by atoms with E-state index in [-0.39, 0.29) is 11.9 Å². The van der Waals surface area contributed by atoms with E-state index < -0.39 is 0 Å². The van der Waals surface area contributed by atoms with Gasteiger partial charge < -0.3 is 10.1 Å². The maximum Gasteiger partial charge on any atom is 0.252 e. The van der Waals surface area contributed by atoms with E-state index in [1.807, 2.05) is 48.5 Å². The Balaban J connectivity index is 1.56. The molecular formula is C22H20N2O2. The molecule has 130 valence electrons. The third kappa shape index (κ3) is 2.45. The summed E-state index contributed by atoms with van der Waals surface area (Å²) in [5.74, 6) is 0.873. The van der Waals surface area contributed by atoms with Crippen LogP contribution >= 0.6 is 0 Å². The highest BCUT2D eigenvalue weighted by Gasteiger charge is 2.27. The van der Waals surface area contributed by atoms with Gasteiger partial charge in [0.25, 0.3) is 5.91 Å². The van der Waals surface area contributed by atoms with Crippen LogP contribution in [0.25, 0.3) is 10.9 Å². The third-order valence-corrected chi connectivity index (χ3v) is 5.41. The second kappa shape index (κ2) is 6.13. The fourth-order valence-corrected chi connectivity index (χ4v) is 4.19. The number of aryl methyl sites for hydroxylation is 1. The molecule has 1 atom stereocenters. The van der Waals surface area contributed by atoms with Crippen molar-refractivity contribution in [2.75, 3.05) is 6.61 Å². The first-order valence-electron chi connectivity index (χ1n) is 9.24. The lowest BCUT2D eigenvalue weighted by Gasteiger charge is -2.27. The standard InChI is InChI=1S/C22H20N2O2/c25-22(24-19-12-13-26-20-11-4-2-6-14(19)20)21-15-7-1-3-9-17(15)23-18-10-5-8-16(18)21/h1-4,6-7,9,11,19H,5,8,10,12-13H2,(H,24,25)/t19-/m0/s1. The summed E-state index contributed by atoms with van der Waals surface area (Å²) in [4.78, 5) is 18.1. The van der Waals surface area contributed by atoms with Crippen molar-refractivity contribution in [2.24, 2.45) is 0 Å². The molecular weight excluding hydrogens is 324 g/mol. The first kappa shape index (κ1) is 15.4. The van der Waals surface area contributed by atoms with Gasteiger partial charge in [-0.05, 0) is 37.0 Å². The number of hydrogen-bond acceptors (Lipinski definition) is 3. The minimum Gasteiger partial charge on any atom is -0.493 e. The molecule has 0 saturated heterocycles. The summed E-state index contributed by atoms with van der Waals surface area (Å²) in [5, 5.41) is 4.22. The maximum absolute atomic E-state index is 13.3. The molecule has 1 N–H and O–H groups in total. The minimum atomic E-state index is -0.0172. The van der Waals surface area contributed by atoms with Gasteiger partial charge >= 0.3 is 0 Å². The molecule has 4 heteroatoms. The van der Waals surface area contributed by atoms with Crippen LogP contribution in [0.4, 0.5) is 0 Å². The molecule has 0 saturated carbocycles. The Morgan fingerprint density at radius 1 is 1.08 bits per heavy atom. The highest BCUT2D eigenvalue weighted by atomic mass is 16.5. The predicted octanol–water partition coefficient (Wildman–Crippen LogP) is 3.98. The monoisotopic (exact) mass is 344 g/mol. The Morgan fingerprint density at radius 3 is 2.88 bits per heavy atom. The smallest absolute Gasteiger partial charge is 0.252 e. The molecule has 0 fully saturated rings. The lowest BCUT2D eigenvalue weighted by molar-refractivity contribution is 0.0925. The average molecular weight is 344 g/mol. The second-order valence-electron chi connectivity index (χ2n) is 6.98. The number of carbonyl (C=O) groups is 1. The van der Waals surface area contributed by atoms with Gasteiger partial charge in [-0.25, -0.2) is 0 Å². The summed E-state index contributed by atoms with van der Waals surface area (Å²) in [6.45, 7) is 0.622. The number of hydrogen-bond donors (Lipinski definition) is 1. The van der Waals surface area contributed by atoms with Crippen LogP contribution in [0.15, 0.2) is 48.5 Å². The molecule has 5 rings (SSSR count). The first-order valence-corrected chi connectivity index (χ1v) is 9.24. The molecule has 0 radical (unpaired) electrons. The van der Waals surface area contributed by atoms with Crippen molar-refractivity contribution in [1.29, 1.82) is 0 Å². The van der Waals surface area contributed by atoms with Crippen LogP contribution in [-0.4, -0.2) is 17.5 Å². The van der Waals surface area contributed by atoms with Crippen molar-refractivity contribution in [3.63, 3.8) is 0 Å². The largest absolute Gasteiger partial charge is 0.493 e. The summed E-state index contributed by atoms with van der Waals surface area (Å²) in [6.07, 6.45) is 3.74. The van der Waals surface area contributed by atoms with Gasteiger partial charge in [-0.1, -0.05) is 36.4 Å². The Kier molecular flexibility index (Phi) is 3.63. The summed E-state index contributed by atoms with van der Waals surface area (Å²) in [7, 11) is 0. The van der Waals surface area contributed by atoms with Gasteiger partial charge in [0.2, 0.25) is 0 Å². The molecule has 2 aromatic carbocycles. The number of fused-ring (bicyclic) bond motifs is 3. The topological polar surface area (TPSA) is 51.2 Å². The van der Waals surface area contributed by atoms with E-state index in [4.69, 9.17) is 9.72 Å². The zero-order chi connectivity index (χ0) is 17.5. The normalized spacial score (nSPS) is 18.1. The van der Waals surface area contributed by atoms with E-state index in [0.29, 0.717) is 6.61 Å². The van der Waals surface area contributed by atoms with Crippen molar-refractivity contribution in [2.45, 2.75) is 31.7 Å². The SMILES string of the molecule is O=C(N[C@H]1CCOc2ccccc21)c1c2c(nc3ccccc13)CCC2. The quantitative estimate of drug-likeness (QED) is 0.765. The third-order valence-electron chi connectivity index (χ3n) is 5.41. The van der Waals surface area contributed by atoms with Crippen LogP contribution in [0, 0.1) is 0 Å². The number of pyridine rings is 1. The Hall–Kier alpha value is -2.88. The van der Waals surface area contributed by atoms with Crippen LogP contribution in [0.2, 0.25) is 0 Å². The molecule has 1 amide bonds. The molecule has 0 bridgehead atoms. The Labute approximate surface area is 152 Å². The molecule has 2 aliphatic rings. The fourth-order valence-electron chi connectivity index (χ4n) is 4.19. The molecule has 26 heavy (non-hydrogen) atoms. The number of carbonyl (C=O) groups excluding carboxylic acids is 1. The zero-order valence-corrected chi connectivity index (χ0v) is 14.5. The van der Waals surface area contributed by atoms with Crippen LogP contribution in [0.3, 0.4) is 0 Å². The number of amides is 1. The van der Waals surface area contributed by atoms with E-state index in [0.717, 1.165) is 64.7 Å². The van der Waals surface area contributed by atoms with Crippen LogP contribution in [0.1, 0.15) is 46.1 Å². The van der Waals surface area contributed by atoms with E-state index >= 15 is 0 Å². The predicted molar refractivity (Wildman–Crippen MR) is 101 cm³/mol. The van der Waals surface area contributed by atoms with Crippen molar-refractivity contribution < 1.29 is 9.53 Å². The van der Waals surface area contributed by atoms with Crippen LogP contribution in [-0.2, 0) is 12.8 Å². The van der Waals surface area contributed by atoms with Gasteiger partial charge in [-0.15, -0.1) is 0 Å².